The van der Waals surface area contributed by atoms with E-state index in [1.54, 1.807) is 12.1 Å². The first-order chi connectivity index (χ1) is 6.68. The van der Waals surface area contributed by atoms with E-state index < -0.39 is 5.97 Å². The van der Waals surface area contributed by atoms with Crippen molar-refractivity contribution in [3.8, 4) is 5.75 Å². The van der Waals surface area contributed by atoms with Crippen LogP contribution in [-0.2, 0) is 11.3 Å². The van der Waals surface area contributed by atoms with Crippen molar-refractivity contribution < 1.29 is 15.0 Å². The van der Waals surface area contributed by atoms with Gasteiger partial charge in [0, 0.05) is 5.39 Å². The van der Waals surface area contributed by atoms with Crippen LogP contribution >= 0.6 is 0 Å². The minimum Gasteiger partial charge on any atom is -0.506 e. The van der Waals surface area contributed by atoms with Crippen LogP contribution in [0.5, 0.6) is 5.75 Å². The van der Waals surface area contributed by atoms with Crippen LogP contribution in [-0.4, -0.2) is 26.0 Å². The quantitative estimate of drug-likeness (QED) is 0.738. The largest absolute Gasteiger partial charge is 0.506 e. The molecule has 0 spiro atoms. The molecule has 5 nitrogen and oxygen atoms in total. The van der Waals surface area contributed by atoms with E-state index in [1.165, 1.54) is 16.9 Å². The number of aromatic hydroxyl groups is 1. The predicted octanol–water partition coefficient (Wildman–Crippen LogP) is 0.826. The fourth-order valence-electron chi connectivity index (χ4n) is 1.37. The Balaban J connectivity index is 2.61. The molecule has 0 atom stereocenters. The summed E-state index contributed by atoms with van der Waals surface area (Å²) in [4.78, 5) is 10.5. The first-order valence-corrected chi connectivity index (χ1v) is 4.04. The minimum absolute atomic E-state index is 0.0428. The number of phenolic OH excluding ortho intramolecular Hbond substituents is 1. The number of benzene rings is 1. The van der Waals surface area contributed by atoms with Crippen molar-refractivity contribution in [2.24, 2.45) is 0 Å². The number of rotatable bonds is 2. The molecule has 1 aromatic heterocycles. The molecule has 0 fully saturated rings. The number of fused-ring (bicyclic) bond motifs is 1. The molecular formula is C9H8N2O3. The summed E-state index contributed by atoms with van der Waals surface area (Å²) in [5.74, 6) is -0.945. The van der Waals surface area contributed by atoms with E-state index in [-0.39, 0.29) is 12.3 Å². The first-order valence-electron chi connectivity index (χ1n) is 4.04. The number of nitrogens with zero attached hydrogens (tertiary/aromatic N) is 2. The van der Waals surface area contributed by atoms with E-state index >= 15 is 0 Å². The van der Waals surface area contributed by atoms with Crippen LogP contribution in [0.25, 0.3) is 10.9 Å². The molecule has 0 saturated heterocycles. The summed E-state index contributed by atoms with van der Waals surface area (Å²) in [7, 11) is 0. The average Bonchev–Trinajstić information content (AvgIpc) is 2.49. The molecular weight excluding hydrogens is 184 g/mol. The summed E-state index contributed by atoms with van der Waals surface area (Å²) in [5.41, 5.74) is 0.454. The minimum atomic E-state index is -0.988. The lowest BCUT2D eigenvalue weighted by Crippen LogP contribution is -2.09. The number of hydrogen-bond acceptors (Lipinski definition) is 3. The zero-order chi connectivity index (χ0) is 10.1. The van der Waals surface area contributed by atoms with Gasteiger partial charge in [0.25, 0.3) is 0 Å². The number of hydrogen-bond donors (Lipinski definition) is 2. The van der Waals surface area contributed by atoms with Crippen LogP contribution in [0.1, 0.15) is 0 Å². The van der Waals surface area contributed by atoms with Crippen LogP contribution in [0.3, 0.4) is 0 Å². The molecule has 1 heterocycles. The van der Waals surface area contributed by atoms with Gasteiger partial charge in [0.05, 0.1) is 6.20 Å². The Morgan fingerprint density at radius 1 is 1.50 bits per heavy atom. The van der Waals surface area contributed by atoms with Crippen LogP contribution in [0.2, 0.25) is 0 Å². The fraction of sp³-hybridized carbons (Fsp3) is 0.111. The Morgan fingerprint density at radius 2 is 2.29 bits per heavy atom. The summed E-state index contributed by atoms with van der Waals surface area (Å²) in [5, 5.41) is 22.7. The predicted molar refractivity (Wildman–Crippen MR) is 49.0 cm³/mol. The maximum atomic E-state index is 10.5. The van der Waals surface area contributed by atoms with Gasteiger partial charge in [-0.1, -0.05) is 12.1 Å². The molecule has 0 amide bonds. The molecule has 0 saturated carbocycles. The molecule has 0 aliphatic heterocycles. The third kappa shape index (κ3) is 1.28. The molecule has 0 aliphatic rings. The van der Waals surface area contributed by atoms with Gasteiger partial charge in [0.2, 0.25) is 0 Å². The normalized spacial score (nSPS) is 10.6. The van der Waals surface area contributed by atoms with Crippen molar-refractivity contribution in [3.05, 3.63) is 24.4 Å². The van der Waals surface area contributed by atoms with Gasteiger partial charge in [-0.25, -0.2) is 4.68 Å². The van der Waals surface area contributed by atoms with Crippen molar-refractivity contribution in [1.82, 2.24) is 9.78 Å². The van der Waals surface area contributed by atoms with E-state index in [2.05, 4.69) is 5.10 Å². The number of carboxylic acids is 1. The molecule has 0 radical (unpaired) electrons. The second-order valence-corrected chi connectivity index (χ2v) is 2.91. The summed E-state index contributed by atoms with van der Waals surface area (Å²) in [6, 6.07) is 4.95. The lowest BCUT2D eigenvalue weighted by Gasteiger charge is -2.00. The Morgan fingerprint density at radius 3 is 3.00 bits per heavy atom. The Bertz CT molecular complexity index is 490. The van der Waals surface area contributed by atoms with E-state index in [0.29, 0.717) is 5.52 Å². The third-order valence-corrected chi connectivity index (χ3v) is 1.93. The standard InChI is InChI=1S/C9H8N2O3/c12-7-3-1-2-6-4-10-11(9(6)7)5-8(13)14/h1-4,12H,5H2,(H,13,14). The smallest absolute Gasteiger partial charge is 0.325 e. The lowest BCUT2D eigenvalue weighted by molar-refractivity contribution is -0.137. The van der Waals surface area contributed by atoms with Crippen LogP contribution < -0.4 is 0 Å². The highest BCUT2D eigenvalue weighted by Gasteiger charge is 2.08. The summed E-state index contributed by atoms with van der Waals surface area (Å²) in [6.07, 6.45) is 1.53. The van der Waals surface area contributed by atoms with Gasteiger partial charge in [-0.3, -0.25) is 4.79 Å². The van der Waals surface area contributed by atoms with Crippen molar-refractivity contribution in [1.29, 1.82) is 0 Å². The molecule has 2 N–H and O–H groups in total. The van der Waals surface area contributed by atoms with Gasteiger partial charge in [-0.2, -0.15) is 5.10 Å². The zero-order valence-corrected chi connectivity index (χ0v) is 7.21. The average molecular weight is 192 g/mol. The lowest BCUT2D eigenvalue weighted by atomic mass is 10.2. The van der Waals surface area contributed by atoms with E-state index in [9.17, 15) is 9.90 Å². The second-order valence-electron chi connectivity index (χ2n) is 2.91. The summed E-state index contributed by atoms with van der Waals surface area (Å²) < 4.78 is 1.26. The topological polar surface area (TPSA) is 75.3 Å². The maximum absolute atomic E-state index is 10.5. The molecule has 1 aromatic carbocycles. The first kappa shape index (κ1) is 8.55. The highest BCUT2D eigenvalue weighted by atomic mass is 16.4. The number of phenols is 1. The molecule has 0 aliphatic carbocycles. The number of carbonyl (C=O) groups is 1. The van der Waals surface area contributed by atoms with E-state index in [0.717, 1.165) is 5.39 Å². The van der Waals surface area contributed by atoms with Crippen molar-refractivity contribution in [3.63, 3.8) is 0 Å². The van der Waals surface area contributed by atoms with Gasteiger partial charge in [0.1, 0.15) is 17.8 Å². The zero-order valence-electron chi connectivity index (χ0n) is 7.21. The van der Waals surface area contributed by atoms with Crippen LogP contribution in [0.4, 0.5) is 0 Å². The molecule has 14 heavy (non-hydrogen) atoms. The van der Waals surface area contributed by atoms with Gasteiger partial charge < -0.3 is 10.2 Å². The monoisotopic (exact) mass is 192 g/mol. The van der Waals surface area contributed by atoms with Crippen LogP contribution in [0.15, 0.2) is 24.4 Å². The Labute approximate surface area is 79.2 Å². The highest BCUT2D eigenvalue weighted by molar-refractivity contribution is 5.85. The molecule has 2 aromatic rings. The van der Waals surface area contributed by atoms with Crippen molar-refractivity contribution >= 4 is 16.9 Å². The fourth-order valence-corrected chi connectivity index (χ4v) is 1.37. The molecule has 2 rings (SSSR count). The molecule has 5 heteroatoms. The number of aliphatic carboxylic acids is 1. The second kappa shape index (κ2) is 3.02. The Kier molecular flexibility index (Phi) is 1.85. The molecule has 0 unspecified atom stereocenters. The molecule has 72 valence electrons. The molecule has 0 bridgehead atoms. The highest BCUT2D eigenvalue weighted by Crippen LogP contribution is 2.23. The van der Waals surface area contributed by atoms with Crippen molar-refractivity contribution in [2.75, 3.05) is 0 Å². The summed E-state index contributed by atoms with van der Waals surface area (Å²) in [6.45, 7) is -0.249. The number of para-hydroxylation sites is 1. The third-order valence-electron chi connectivity index (χ3n) is 1.93. The number of carboxylic acid groups (broad SMARTS) is 1. The number of aromatic nitrogens is 2. The van der Waals surface area contributed by atoms with E-state index in [4.69, 9.17) is 5.11 Å². The Hall–Kier alpha value is -2.04. The van der Waals surface area contributed by atoms with E-state index in [1.807, 2.05) is 0 Å². The maximum Gasteiger partial charge on any atom is 0.325 e. The van der Waals surface area contributed by atoms with Gasteiger partial charge in [0.15, 0.2) is 0 Å². The van der Waals surface area contributed by atoms with Gasteiger partial charge >= 0.3 is 5.97 Å². The van der Waals surface area contributed by atoms with Gasteiger partial charge in [-0.05, 0) is 6.07 Å². The SMILES string of the molecule is O=C(O)Cn1ncc2cccc(O)c21. The van der Waals surface area contributed by atoms with Crippen LogP contribution in [0, 0.1) is 0 Å². The van der Waals surface area contributed by atoms with Gasteiger partial charge in [-0.15, -0.1) is 0 Å². The summed E-state index contributed by atoms with van der Waals surface area (Å²) >= 11 is 0. The van der Waals surface area contributed by atoms with Crippen molar-refractivity contribution in [2.45, 2.75) is 6.54 Å².